The molecule has 0 aromatic heterocycles. The maximum absolute atomic E-state index is 6.11. The minimum atomic E-state index is 0.0968. The second kappa shape index (κ2) is 6.73. The van der Waals surface area contributed by atoms with Crippen LogP contribution in [0, 0.1) is 0 Å². The van der Waals surface area contributed by atoms with Crippen LogP contribution in [0.25, 0.3) is 0 Å². The van der Waals surface area contributed by atoms with Gasteiger partial charge in [0.1, 0.15) is 12.7 Å². The molecule has 1 fully saturated rings. The van der Waals surface area contributed by atoms with E-state index in [1.165, 1.54) is 18.4 Å². The number of nitrogens with two attached hydrogens (primary N) is 1. The molecule has 4 rings (SSSR count). The molecule has 2 aromatic rings. The number of rotatable bonds is 3. The molecule has 0 spiro atoms. The van der Waals surface area contributed by atoms with Gasteiger partial charge in [-0.2, -0.15) is 0 Å². The Morgan fingerprint density at radius 2 is 1.96 bits per heavy atom. The molecule has 0 aliphatic carbocycles. The summed E-state index contributed by atoms with van der Waals surface area (Å²) in [4.78, 5) is 2.50. The lowest BCUT2D eigenvalue weighted by molar-refractivity contribution is 0.0505. The fourth-order valence-electron chi connectivity index (χ4n) is 3.75. The third-order valence-corrected chi connectivity index (χ3v) is 4.92. The topological polar surface area (TPSA) is 47.7 Å². The molecular formula is C20H24N2O2. The molecule has 2 aromatic carbocycles. The summed E-state index contributed by atoms with van der Waals surface area (Å²) >= 11 is 0. The highest BCUT2D eigenvalue weighted by Gasteiger charge is 2.27. The van der Waals surface area contributed by atoms with Crippen molar-refractivity contribution in [3.8, 4) is 11.5 Å². The summed E-state index contributed by atoms with van der Waals surface area (Å²) in [6.45, 7) is 3.72. The van der Waals surface area contributed by atoms with Crippen molar-refractivity contribution in [2.45, 2.75) is 24.9 Å². The summed E-state index contributed by atoms with van der Waals surface area (Å²) in [6, 6.07) is 16.2. The second-order valence-corrected chi connectivity index (χ2v) is 6.77. The van der Waals surface area contributed by atoms with Gasteiger partial charge in [0.05, 0.1) is 0 Å². The number of anilines is 1. The van der Waals surface area contributed by atoms with Crippen LogP contribution in [0.5, 0.6) is 11.5 Å². The lowest BCUT2D eigenvalue weighted by Gasteiger charge is -2.36. The van der Waals surface area contributed by atoms with Crippen molar-refractivity contribution in [2.24, 2.45) is 0 Å². The molecule has 4 nitrogen and oxygen atoms in total. The number of ether oxygens (including phenoxy) is 2. The van der Waals surface area contributed by atoms with Gasteiger partial charge in [-0.05, 0) is 55.1 Å². The van der Waals surface area contributed by atoms with E-state index in [9.17, 15) is 0 Å². The minimum absolute atomic E-state index is 0.0968. The molecule has 1 saturated heterocycles. The van der Waals surface area contributed by atoms with Crippen LogP contribution < -0.4 is 15.2 Å². The number of nitrogens with zero attached hydrogens (tertiary/aromatic N) is 1. The summed E-state index contributed by atoms with van der Waals surface area (Å²) in [5, 5.41) is 0. The number of benzene rings is 2. The molecule has 2 heterocycles. The Kier molecular flexibility index (Phi) is 4.30. The molecular weight excluding hydrogens is 300 g/mol. The number of likely N-dealkylation sites (tertiary alicyclic amines) is 1. The average Bonchev–Trinajstić information content (AvgIpc) is 2.62. The van der Waals surface area contributed by atoms with Gasteiger partial charge in [-0.3, -0.25) is 4.90 Å². The Labute approximate surface area is 143 Å². The predicted octanol–water partition coefficient (Wildman–Crippen LogP) is 3.29. The minimum Gasteiger partial charge on any atom is -0.486 e. The van der Waals surface area contributed by atoms with E-state index in [4.69, 9.17) is 15.2 Å². The molecule has 0 radical (unpaired) electrons. The standard InChI is InChI=1S/C20H24N2O2/c21-17-7-3-5-15(11-17)16-6-4-10-22(12-16)13-18-14-23-19-8-1-2-9-20(19)24-18/h1-3,5,7-9,11,16,18H,4,6,10,12-14,21H2/t16-,18-/m0/s1. The van der Waals surface area contributed by atoms with Crippen molar-refractivity contribution < 1.29 is 9.47 Å². The van der Waals surface area contributed by atoms with Gasteiger partial charge in [-0.15, -0.1) is 0 Å². The summed E-state index contributed by atoms with van der Waals surface area (Å²) in [7, 11) is 0. The van der Waals surface area contributed by atoms with Crippen molar-refractivity contribution in [3.63, 3.8) is 0 Å². The SMILES string of the molecule is Nc1cccc([C@H]2CCCN(C[C@H]3COc4ccccc4O3)C2)c1. The first kappa shape index (κ1) is 15.3. The number of para-hydroxylation sites is 2. The summed E-state index contributed by atoms with van der Waals surface area (Å²) in [5.74, 6) is 2.27. The third kappa shape index (κ3) is 3.34. The summed E-state index contributed by atoms with van der Waals surface area (Å²) in [5.41, 5.74) is 8.15. The first-order chi connectivity index (χ1) is 11.8. The molecule has 2 atom stereocenters. The average molecular weight is 324 g/mol. The number of nitrogen functional groups attached to an aromatic ring is 1. The summed E-state index contributed by atoms with van der Waals surface area (Å²) < 4.78 is 11.9. The number of fused-ring (bicyclic) bond motifs is 1. The zero-order valence-corrected chi connectivity index (χ0v) is 13.9. The molecule has 2 aliphatic heterocycles. The van der Waals surface area contributed by atoms with Crippen molar-refractivity contribution in [1.29, 1.82) is 0 Å². The van der Waals surface area contributed by atoms with Crippen LogP contribution >= 0.6 is 0 Å². The van der Waals surface area contributed by atoms with Crippen molar-refractivity contribution >= 4 is 5.69 Å². The lowest BCUT2D eigenvalue weighted by atomic mass is 9.90. The van der Waals surface area contributed by atoms with E-state index < -0.39 is 0 Å². The zero-order valence-electron chi connectivity index (χ0n) is 13.9. The van der Waals surface area contributed by atoms with Crippen molar-refractivity contribution in [1.82, 2.24) is 4.90 Å². The zero-order chi connectivity index (χ0) is 16.4. The number of piperidine rings is 1. The van der Waals surface area contributed by atoms with E-state index >= 15 is 0 Å². The predicted molar refractivity (Wildman–Crippen MR) is 95.6 cm³/mol. The monoisotopic (exact) mass is 324 g/mol. The van der Waals surface area contributed by atoms with Gasteiger partial charge >= 0.3 is 0 Å². The van der Waals surface area contributed by atoms with Crippen LogP contribution in [-0.4, -0.2) is 37.2 Å². The number of hydrogen-bond donors (Lipinski definition) is 1. The van der Waals surface area contributed by atoms with Gasteiger partial charge in [-0.1, -0.05) is 24.3 Å². The molecule has 0 saturated carbocycles. The largest absolute Gasteiger partial charge is 0.486 e. The van der Waals surface area contributed by atoms with E-state index in [2.05, 4.69) is 23.1 Å². The Morgan fingerprint density at radius 3 is 2.83 bits per heavy atom. The second-order valence-electron chi connectivity index (χ2n) is 6.77. The maximum Gasteiger partial charge on any atom is 0.161 e. The van der Waals surface area contributed by atoms with Crippen LogP contribution in [0.3, 0.4) is 0 Å². The lowest BCUT2D eigenvalue weighted by Crippen LogP contribution is -2.44. The van der Waals surface area contributed by atoms with Gasteiger partial charge in [-0.25, -0.2) is 0 Å². The molecule has 4 heteroatoms. The molecule has 0 unspecified atom stereocenters. The van der Waals surface area contributed by atoms with Crippen LogP contribution in [0.4, 0.5) is 5.69 Å². The fourth-order valence-corrected chi connectivity index (χ4v) is 3.75. The highest BCUT2D eigenvalue weighted by molar-refractivity contribution is 5.42. The Bertz CT molecular complexity index is 704. The Morgan fingerprint density at radius 1 is 1.08 bits per heavy atom. The fraction of sp³-hybridized carbons (Fsp3) is 0.400. The van der Waals surface area contributed by atoms with Crippen molar-refractivity contribution in [3.05, 3.63) is 54.1 Å². The number of hydrogen-bond acceptors (Lipinski definition) is 4. The third-order valence-electron chi connectivity index (χ3n) is 4.92. The van der Waals surface area contributed by atoms with Gasteiger partial charge in [0.25, 0.3) is 0 Å². The molecule has 2 N–H and O–H groups in total. The Balaban J connectivity index is 1.39. The van der Waals surface area contributed by atoms with Gasteiger partial charge < -0.3 is 15.2 Å². The van der Waals surface area contributed by atoms with E-state index in [1.807, 2.05) is 30.3 Å². The first-order valence-corrected chi connectivity index (χ1v) is 8.74. The van der Waals surface area contributed by atoms with Gasteiger partial charge in [0, 0.05) is 18.8 Å². The molecule has 0 amide bonds. The van der Waals surface area contributed by atoms with Crippen LogP contribution in [0.15, 0.2) is 48.5 Å². The normalized spacial score (nSPS) is 23.8. The van der Waals surface area contributed by atoms with E-state index in [1.54, 1.807) is 0 Å². The molecule has 24 heavy (non-hydrogen) atoms. The smallest absolute Gasteiger partial charge is 0.161 e. The molecule has 126 valence electrons. The Hall–Kier alpha value is -2.20. The van der Waals surface area contributed by atoms with Crippen LogP contribution in [0.2, 0.25) is 0 Å². The highest BCUT2D eigenvalue weighted by Crippen LogP contribution is 2.32. The molecule has 2 aliphatic rings. The van der Waals surface area contributed by atoms with Crippen LogP contribution in [-0.2, 0) is 0 Å². The maximum atomic E-state index is 6.11. The van der Waals surface area contributed by atoms with Gasteiger partial charge in [0.2, 0.25) is 0 Å². The summed E-state index contributed by atoms with van der Waals surface area (Å²) in [6.07, 6.45) is 2.54. The van der Waals surface area contributed by atoms with Crippen LogP contribution in [0.1, 0.15) is 24.3 Å². The van der Waals surface area contributed by atoms with E-state index in [0.717, 1.165) is 36.8 Å². The highest BCUT2D eigenvalue weighted by atomic mass is 16.6. The quantitative estimate of drug-likeness (QED) is 0.880. The molecule has 0 bridgehead atoms. The first-order valence-electron chi connectivity index (χ1n) is 8.74. The van der Waals surface area contributed by atoms with E-state index in [0.29, 0.717) is 12.5 Å². The van der Waals surface area contributed by atoms with E-state index in [-0.39, 0.29) is 6.10 Å². The van der Waals surface area contributed by atoms with Gasteiger partial charge in [0.15, 0.2) is 11.5 Å². The van der Waals surface area contributed by atoms with Crippen molar-refractivity contribution in [2.75, 3.05) is 32.0 Å².